The van der Waals surface area contributed by atoms with Gasteiger partial charge >= 0.3 is 18.3 Å². The molecule has 0 saturated carbocycles. The van der Waals surface area contributed by atoms with Crippen LogP contribution in [0.1, 0.15) is 20.7 Å². The molecular formula is C14H7BrF4N2O6. The number of aromatic carboxylic acids is 2. The van der Waals surface area contributed by atoms with E-state index in [1.807, 2.05) is 0 Å². The van der Waals surface area contributed by atoms with Gasteiger partial charge in [-0.25, -0.2) is 14.0 Å². The average molecular weight is 455 g/mol. The van der Waals surface area contributed by atoms with E-state index in [0.29, 0.717) is 6.07 Å². The number of pyridine rings is 1. The molecule has 0 radical (unpaired) electrons. The number of hydrogen-bond donors (Lipinski definition) is 4. The van der Waals surface area contributed by atoms with Crippen molar-refractivity contribution in [3.63, 3.8) is 0 Å². The molecule has 0 bridgehead atoms. The average Bonchev–Trinajstić information content (AvgIpc) is 2.47. The summed E-state index contributed by atoms with van der Waals surface area (Å²) in [6.45, 7) is 0. The van der Waals surface area contributed by atoms with Crippen LogP contribution in [0.25, 0.3) is 11.1 Å². The standard InChI is InChI=1S/C14H7BrF4N2O6/c15-3-1-2-4(27-14(17,18)19)9(16)5(3)6-7(12(23)24)10(20)21-11(22)8(6)13(25)26/h1-2H,(H,23,24)(H,25,26)(H3,20,21,22). The van der Waals surface area contributed by atoms with Crippen molar-refractivity contribution in [3.8, 4) is 16.9 Å². The van der Waals surface area contributed by atoms with Crippen LogP contribution in [0.2, 0.25) is 0 Å². The number of aromatic amines is 1. The first-order chi connectivity index (χ1) is 12.3. The summed E-state index contributed by atoms with van der Waals surface area (Å²) >= 11 is 2.80. The molecule has 144 valence electrons. The van der Waals surface area contributed by atoms with Gasteiger partial charge in [0.1, 0.15) is 16.9 Å². The molecule has 27 heavy (non-hydrogen) atoms. The van der Waals surface area contributed by atoms with E-state index >= 15 is 0 Å². The van der Waals surface area contributed by atoms with Gasteiger partial charge in [0, 0.05) is 15.6 Å². The summed E-state index contributed by atoms with van der Waals surface area (Å²) in [6, 6.07) is 1.43. The normalized spacial score (nSPS) is 11.3. The van der Waals surface area contributed by atoms with Gasteiger partial charge in [0.25, 0.3) is 5.56 Å². The molecular weight excluding hydrogens is 448 g/mol. The first-order valence-electron chi connectivity index (χ1n) is 6.61. The zero-order valence-electron chi connectivity index (χ0n) is 12.6. The maximum Gasteiger partial charge on any atom is 0.573 e. The van der Waals surface area contributed by atoms with Crippen molar-refractivity contribution in [3.05, 3.63) is 43.9 Å². The fraction of sp³-hybridized carbons (Fsp3) is 0.0714. The highest BCUT2D eigenvalue weighted by Crippen LogP contribution is 2.40. The Hall–Kier alpha value is -3.09. The van der Waals surface area contributed by atoms with Crippen LogP contribution < -0.4 is 16.0 Å². The van der Waals surface area contributed by atoms with Crippen molar-refractivity contribution in [2.45, 2.75) is 6.36 Å². The number of alkyl halides is 3. The van der Waals surface area contributed by atoms with Gasteiger partial charge in [0.15, 0.2) is 11.6 Å². The second-order valence-electron chi connectivity index (χ2n) is 4.89. The molecule has 0 aliphatic heterocycles. The first-order valence-corrected chi connectivity index (χ1v) is 7.41. The maximum atomic E-state index is 14.7. The van der Waals surface area contributed by atoms with E-state index in [1.54, 1.807) is 4.98 Å². The number of rotatable bonds is 4. The lowest BCUT2D eigenvalue weighted by atomic mass is 9.94. The molecule has 0 amide bonds. The van der Waals surface area contributed by atoms with Crippen LogP contribution in [-0.2, 0) is 0 Å². The van der Waals surface area contributed by atoms with Gasteiger partial charge in [-0.2, -0.15) is 0 Å². The molecule has 2 rings (SSSR count). The van der Waals surface area contributed by atoms with Gasteiger partial charge in [0.2, 0.25) is 0 Å². The van der Waals surface area contributed by atoms with E-state index in [0.717, 1.165) is 6.07 Å². The summed E-state index contributed by atoms with van der Waals surface area (Å²) in [5.41, 5.74) is -0.213. The molecule has 0 fully saturated rings. The van der Waals surface area contributed by atoms with Gasteiger partial charge in [-0.05, 0) is 12.1 Å². The van der Waals surface area contributed by atoms with Crippen molar-refractivity contribution in [1.29, 1.82) is 0 Å². The lowest BCUT2D eigenvalue weighted by Crippen LogP contribution is -2.25. The molecule has 1 heterocycles. The van der Waals surface area contributed by atoms with E-state index in [4.69, 9.17) is 5.73 Å². The number of carboxylic acid groups (broad SMARTS) is 2. The Morgan fingerprint density at radius 1 is 1.11 bits per heavy atom. The minimum Gasteiger partial charge on any atom is -0.478 e. The predicted octanol–water partition coefficient (Wildman–Crippen LogP) is 2.82. The number of H-pyrrole nitrogens is 1. The molecule has 8 nitrogen and oxygen atoms in total. The lowest BCUT2D eigenvalue weighted by molar-refractivity contribution is -0.275. The number of benzene rings is 1. The summed E-state index contributed by atoms with van der Waals surface area (Å²) < 4.78 is 55.2. The first kappa shape index (κ1) is 20.2. The fourth-order valence-electron chi connectivity index (χ4n) is 2.26. The van der Waals surface area contributed by atoms with Crippen molar-refractivity contribution >= 4 is 33.7 Å². The van der Waals surface area contributed by atoms with Crippen LogP contribution in [0.15, 0.2) is 21.4 Å². The van der Waals surface area contributed by atoms with Crippen molar-refractivity contribution in [2.24, 2.45) is 0 Å². The van der Waals surface area contributed by atoms with Crippen molar-refractivity contribution in [1.82, 2.24) is 4.98 Å². The number of halogens is 5. The molecule has 0 aliphatic carbocycles. The Bertz CT molecular complexity index is 1020. The minimum absolute atomic E-state index is 0.343. The van der Waals surface area contributed by atoms with Crippen LogP contribution in [-0.4, -0.2) is 33.5 Å². The SMILES string of the molecule is Nc1[nH]c(=O)c(C(=O)O)c(-c2c(Br)ccc(OC(F)(F)F)c2F)c1C(=O)O. The van der Waals surface area contributed by atoms with Crippen LogP contribution in [0.5, 0.6) is 5.75 Å². The van der Waals surface area contributed by atoms with Crippen molar-refractivity contribution < 1.29 is 42.1 Å². The largest absolute Gasteiger partial charge is 0.573 e. The second kappa shape index (κ2) is 6.90. The third-order valence-corrected chi connectivity index (χ3v) is 3.86. The second-order valence-corrected chi connectivity index (χ2v) is 5.74. The predicted molar refractivity (Wildman–Crippen MR) is 85.2 cm³/mol. The molecule has 0 unspecified atom stereocenters. The number of hydrogen-bond acceptors (Lipinski definition) is 5. The number of carboxylic acids is 2. The van der Waals surface area contributed by atoms with Crippen LogP contribution in [0.3, 0.4) is 0 Å². The van der Waals surface area contributed by atoms with Gasteiger partial charge in [-0.15, -0.1) is 13.2 Å². The number of ether oxygens (including phenoxy) is 1. The minimum atomic E-state index is -5.29. The van der Waals surface area contributed by atoms with Crippen LogP contribution in [0, 0.1) is 5.82 Å². The number of aromatic nitrogens is 1. The summed E-state index contributed by atoms with van der Waals surface area (Å²) in [7, 11) is 0. The smallest absolute Gasteiger partial charge is 0.478 e. The Morgan fingerprint density at radius 3 is 2.15 bits per heavy atom. The molecule has 5 N–H and O–H groups in total. The molecule has 13 heteroatoms. The van der Waals surface area contributed by atoms with Gasteiger partial charge in [-0.1, -0.05) is 15.9 Å². The Morgan fingerprint density at radius 2 is 1.67 bits per heavy atom. The molecule has 0 atom stereocenters. The Balaban J connectivity index is 3.02. The molecule has 0 aliphatic rings. The molecule has 1 aromatic carbocycles. The molecule has 0 spiro atoms. The van der Waals surface area contributed by atoms with E-state index in [-0.39, 0.29) is 4.47 Å². The Kier molecular flexibility index (Phi) is 5.17. The van der Waals surface area contributed by atoms with Crippen molar-refractivity contribution in [2.75, 3.05) is 5.73 Å². The lowest BCUT2D eigenvalue weighted by Gasteiger charge is -2.17. The maximum absolute atomic E-state index is 14.7. The third kappa shape index (κ3) is 3.86. The van der Waals surface area contributed by atoms with Crippen LogP contribution >= 0.6 is 15.9 Å². The fourth-order valence-corrected chi connectivity index (χ4v) is 2.77. The number of nitrogens with two attached hydrogens (primary N) is 1. The molecule has 1 aromatic heterocycles. The van der Waals surface area contributed by atoms with Gasteiger partial charge < -0.3 is 25.7 Å². The summed E-state index contributed by atoms with van der Waals surface area (Å²) in [5, 5.41) is 18.5. The highest BCUT2D eigenvalue weighted by Gasteiger charge is 2.35. The van der Waals surface area contributed by atoms with Crippen LogP contribution in [0.4, 0.5) is 23.4 Å². The van der Waals surface area contributed by atoms with E-state index in [1.165, 1.54) is 0 Å². The highest BCUT2D eigenvalue weighted by atomic mass is 79.9. The van der Waals surface area contributed by atoms with Gasteiger partial charge in [-0.3, -0.25) is 4.79 Å². The Labute approximate surface area is 154 Å². The zero-order valence-corrected chi connectivity index (χ0v) is 14.2. The molecule has 0 saturated heterocycles. The number of carbonyl (C=O) groups is 2. The topological polar surface area (TPSA) is 143 Å². The third-order valence-electron chi connectivity index (χ3n) is 3.20. The van der Waals surface area contributed by atoms with E-state index in [2.05, 4.69) is 20.7 Å². The monoisotopic (exact) mass is 454 g/mol. The van der Waals surface area contributed by atoms with E-state index in [9.17, 15) is 42.2 Å². The number of anilines is 1. The summed E-state index contributed by atoms with van der Waals surface area (Å²) in [5.74, 6) is -7.75. The number of nitrogen functional groups attached to an aromatic ring is 1. The quantitative estimate of drug-likeness (QED) is 0.520. The summed E-state index contributed by atoms with van der Waals surface area (Å²) in [6.07, 6.45) is -5.29. The molecule has 2 aromatic rings. The number of nitrogens with one attached hydrogen (secondary N) is 1. The van der Waals surface area contributed by atoms with Gasteiger partial charge in [0.05, 0.1) is 0 Å². The highest BCUT2D eigenvalue weighted by molar-refractivity contribution is 9.10. The van der Waals surface area contributed by atoms with E-state index < -0.39 is 63.5 Å². The summed E-state index contributed by atoms with van der Waals surface area (Å²) in [4.78, 5) is 36.6. The zero-order chi connectivity index (χ0) is 20.7.